The molecule has 210 valence electrons. The van der Waals surface area contributed by atoms with E-state index >= 15 is 4.39 Å². The minimum absolute atomic E-state index is 0.0688. The van der Waals surface area contributed by atoms with Crippen molar-refractivity contribution < 1.29 is 19.0 Å². The highest BCUT2D eigenvalue weighted by molar-refractivity contribution is 5.77. The average Bonchev–Trinajstić information content (AvgIpc) is 2.94. The van der Waals surface area contributed by atoms with E-state index in [2.05, 4.69) is 69.3 Å². The van der Waals surface area contributed by atoms with Crippen molar-refractivity contribution in [2.24, 2.45) is 11.8 Å². The molecule has 2 aromatic carbocycles. The van der Waals surface area contributed by atoms with Crippen molar-refractivity contribution in [1.29, 1.82) is 0 Å². The maximum Gasteiger partial charge on any atom is 0.341 e. The Morgan fingerprint density at radius 2 is 1.58 bits per heavy atom. The SMILES string of the molecule is CCCCCC[C@@H](C)Oc1ccc(-c2ccc(CCC(CC)C[C@@](F)(C(=O)O)C3CCCCC3)cc2)cc1. The second kappa shape index (κ2) is 15.3. The van der Waals surface area contributed by atoms with E-state index in [0.29, 0.717) is 12.8 Å². The first kappa shape index (κ1) is 30.2. The normalized spacial score (nSPS) is 17.5. The first-order chi connectivity index (χ1) is 18.4. The van der Waals surface area contributed by atoms with E-state index in [1.807, 2.05) is 0 Å². The standard InChI is InChI=1S/C34H49FO3/c1-4-6-7-9-12-26(3)38-32-23-21-30(22-24-32)29-19-17-28(18-20-29)16-15-27(5-2)25-34(35,33(36)37)31-13-10-8-11-14-31/h17-24,26-27,31H,4-16,25H2,1-3H3,(H,36,37)/t26-,27?,34+/m1/s1. The fourth-order valence-electron chi connectivity index (χ4n) is 5.97. The van der Waals surface area contributed by atoms with Crippen molar-refractivity contribution in [3.05, 3.63) is 54.1 Å². The molecule has 0 heterocycles. The highest BCUT2D eigenvalue weighted by atomic mass is 19.1. The maximum atomic E-state index is 15.8. The smallest absolute Gasteiger partial charge is 0.341 e. The van der Waals surface area contributed by atoms with Crippen molar-refractivity contribution >= 4 is 5.97 Å². The molecular weight excluding hydrogens is 475 g/mol. The van der Waals surface area contributed by atoms with Gasteiger partial charge in [-0.15, -0.1) is 0 Å². The van der Waals surface area contributed by atoms with Gasteiger partial charge in [-0.25, -0.2) is 9.18 Å². The molecule has 4 heteroatoms. The molecule has 0 aromatic heterocycles. The summed E-state index contributed by atoms with van der Waals surface area (Å²) in [6, 6.07) is 16.9. The molecule has 3 nitrogen and oxygen atoms in total. The van der Waals surface area contributed by atoms with E-state index in [9.17, 15) is 9.90 Å². The molecule has 3 rings (SSSR count). The number of hydrogen-bond donors (Lipinski definition) is 1. The zero-order valence-electron chi connectivity index (χ0n) is 23.9. The molecule has 3 atom stereocenters. The molecule has 0 amide bonds. The molecular formula is C34H49FO3. The van der Waals surface area contributed by atoms with Gasteiger partial charge in [0.2, 0.25) is 5.67 Å². The molecule has 1 aliphatic carbocycles. The van der Waals surface area contributed by atoms with Crippen molar-refractivity contribution in [2.75, 3.05) is 0 Å². The number of unbranched alkanes of at least 4 members (excludes halogenated alkanes) is 3. The summed E-state index contributed by atoms with van der Waals surface area (Å²) in [4.78, 5) is 12.0. The number of rotatable bonds is 16. The third-order valence-electron chi connectivity index (χ3n) is 8.56. The predicted octanol–water partition coefficient (Wildman–Crippen LogP) is 9.81. The van der Waals surface area contributed by atoms with Gasteiger partial charge in [-0.1, -0.05) is 95.2 Å². The summed E-state index contributed by atoms with van der Waals surface area (Å²) in [6.07, 6.45) is 13.3. The van der Waals surface area contributed by atoms with Gasteiger partial charge in [0.25, 0.3) is 0 Å². The van der Waals surface area contributed by atoms with E-state index in [4.69, 9.17) is 4.74 Å². The molecule has 1 saturated carbocycles. The lowest BCUT2D eigenvalue weighted by atomic mass is 9.73. The van der Waals surface area contributed by atoms with E-state index in [-0.39, 0.29) is 24.4 Å². The molecule has 1 aliphatic rings. The molecule has 38 heavy (non-hydrogen) atoms. The highest BCUT2D eigenvalue weighted by Crippen LogP contribution is 2.41. The van der Waals surface area contributed by atoms with Crippen LogP contribution in [0.1, 0.15) is 110 Å². The summed E-state index contributed by atoms with van der Waals surface area (Å²) in [5.74, 6) is -0.616. The van der Waals surface area contributed by atoms with E-state index < -0.39 is 11.6 Å². The lowest BCUT2D eigenvalue weighted by Gasteiger charge is -2.35. The number of ether oxygens (including phenoxy) is 1. The van der Waals surface area contributed by atoms with Crippen LogP contribution in [0.2, 0.25) is 0 Å². The molecule has 1 unspecified atom stereocenters. The van der Waals surface area contributed by atoms with Gasteiger partial charge in [0, 0.05) is 5.92 Å². The van der Waals surface area contributed by atoms with Crippen LogP contribution in [0.5, 0.6) is 5.75 Å². The summed E-state index contributed by atoms with van der Waals surface area (Å²) in [6.45, 7) is 6.43. The summed E-state index contributed by atoms with van der Waals surface area (Å²) >= 11 is 0. The van der Waals surface area contributed by atoms with Crippen LogP contribution in [0.3, 0.4) is 0 Å². The second-order valence-electron chi connectivity index (χ2n) is 11.5. The number of hydrogen-bond acceptors (Lipinski definition) is 2. The number of carboxylic acid groups (broad SMARTS) is 1. The fourth-order valence-corrected chi connectivity index (χ4v) is 5.97. The first-order valence-electron chi connectivity index (χ1n) is 15.1. The van der Waals surface area contributed by atoms with Crippen LogP contribution in [-0.4, -0.2) is 22.8 Å². The molecule has 1 fully saturated rings. The largest absolute Gasteiger partial charge is 0.491 e. The molecule has 2 aromatic rings. The number of aliphatic carboxylic acids is 1. The van der Waals surface area contributed by atoms with Gasteiger partial charge in [-0.3, -0.25) is 0 Å². The van der Waals surface area contributed by atoms with Crippen molar-refractivity contribution in [1.82, 2.24) is 0 Å². The number of benzene rings is 2. The van der Waals surface area contributed by atoms with E-state index in [0.717, 1.165) is 61.8 Å². The van der Waals surface area contributed by atoms with Gasteiger partial charge in [-0.2, -0.15) is 0 Å². The molecule has 0 saturated heterocycles. The number of aryl methyl sites for hydroxylation is 1. The molecule has 0 spiro atoms. The molecule has 1 N–H and O–H groups in total. The minimum Gasteiger partial charge on any atom is -0.491 e. The van der Waals surface area contributed by atoms with Crippen LogP contribution in [0.25, 0.3) is 11.1 Å². The van der Waals surface area contributed by atoms with Gasteiger partial charge < -0.3 is 9.84 Å². The maximum absolute atomic E-state index is 15.8. The summed E-state index contributed by atoms with van der Waals surface area (Å²) < 4.78 is 21.9. The summed E-state index contributed by atoms with van der Waals surface area (Å²) in [5, 5.41) is 9.78. The van der Waals surface area contributed by atoms with E-state index in [1.54, 1.807) is 0 Å². The number of alkyl halides is 1. The summed E-state index contributed by atoms with van der Waals surface area (Å²) in [5.41, 5.74) is 1.43. The van der Waals surface area contributed by atoms with Crippen LogP contribution in [0.4, 0.5) is 4.39 Å². The Morgan fingerprint density at radius 1 is 0.947 bits per heavy atom. The zero-order valence-corrected chi connectivity index (χ0v) is 23.9. The van der Waals surface area contributed by atoms with Gasteiger partial charge >= 0.3 is 5.97 Å². The first-order valence-corrected chi connectivity index (χ1v) is 15.1. The predicted molar refractivity (Wildman–Crippen MR) is 155 cm³/mol. The topological polar surface area (TPSA) is 46.5 Å². The molecule has 0 aliphatic heterocycles. The van der Waals surface area contributed by atoms with Crippen LogP contribution in [0.15, 0.2) is 48.5 Å². The van der Waals surface area contributed by atoms with Crippen molar-refractivity contribution in [2.45, 2.75) is 122 Å². The number of carboxylic acids is 1. The molecule has 0 radical (unpaired) electrons. The Morgan fingerprint density at radius 3 is 2.16 bits per heavy atom. The quantitative estimate of drug-likeness (QED) is 0.222. The Labute approximate surface area is 230 Å². The van der Waals surface area contributed by atoms with E-state index in [1.165, 1.54) is 31.2 Å². The van der Waals surface area contributed by atoms with Crippen molar-refractivity contribution in [3.63, 3.8) is 0 Å². The average molecular weight is 525 g/mol. The third-order valence-corrected chi connectivity index (χ3v) is 8.56. The minimum atomic E-state index is -2.09. The van der Waals surface area contributed by atoms with Crippen LogP contribution < -0.4 is 4.74 Å². The van der Waals surface area contributed by atoms with Gasteiger partial charge in [-0.05, 0) is 86.6 Å². The fraction of sp³-hybridized carbons (Fsp3) is 0.618. The lowest BCUT2D eigenvalue weighted by Crippen LogP contribution is -2.44. The Balaban J connectivity index is 1.52. The lowest BCUT2D eigenvalue weighted by molar-refractivity contribution is -0.158. The monoisotopic (exact) mass is 524 g/mol. The van der Waals surface area contributed by atoms with Crippen LogP contribution in [0, 0.1) is 11.8 Å². The zero-order chi connectivity index (χ0) is 27.4. The number of halogens is 1. The Kier molecular flexibility index (Phi) is 12.1. The van der Waals surface area contributed by atoms with Crippen molar-refractivity contribution in [3.8, 4) is 16.9 Å². The molecule has 0 bridgehead atoms. The third kappa shape index (κ3) is 8.85. The highest BCUT2D eigenvalue weighted by Gasteiger charge is 2.47. The van der Waals surface area contributed by atoms with Crippen LogP contribution in [-0.2, 0) is 11.2 Å². The Bertz CT molecular complexity index is 949. The van der Waals surface area contributed by atoms with Gasteiger partial charge in [0.05, 0.1) is 6.10 Å². The second-order valence-corrected chi connectivity index (χ2v) is 11.5. The van der Waals surface area contributed by atoms with Gasteiger partial charge in [0.1, 0.15) is 5.75 Å². The Hall–Kier alpha value is -2.36. The van der Waals surface area contributed by atoms with Crippen LogP contribution >= 0.6 is 0 Å². The van der Waals surface area contributed by atoms with Gasteiger partial charge in [0.15, 0.2) is 0 Å². The number of carbonyl (C=O) groups is 1. The summed E-state index contributed by atoms with van der Waals surface area (Å²) in [7, 11) is 0.